The third-order valence-corrected chi connectivity index (χ3v) is 4.07. The van der Waals surface area contributed by atoms with Gasteiger partial charge in [0.15, 0.2) is 0 Å². The zero-order valence-electron chi connectivity index (χ0n) is 12.4. The maximum atomic E-state index is 12.0. The molecule has 0 bridgehead atoms. The molecule has 1 aromatic carbocycles. The van der Waals surface area contributed by atoms with Crippen molar-refractivity contribution < 1.29 is 4.79 Å². The average Bonchev–Trinajstić information content (AvgIpc) is 2.86. The lowest BCUT2D eigenvalue weighted by atomic mass is 10.1. The molecule has 1 aromatic rings. The molecule has 112 valence electrons. The van der Waals surface area contributed by atoms with Crippen LogP contribution in [0.3, 0.4) is 0 Å². The maximum Gasteiger partial charge on any atom is 0.225 e. The summed E-state index contributed by atoms with van der Waals surface area (Å²) in [6.07, 6.45) is 1.54. The monoisotopic (exact) mass is 286 g/mol. The van der Waals surface area contributed by atoms with Gasteiger partial charge in [0.25, 0.3) is 0 Å². The highest BCUT2D eigenvalue weighted by atomic mass is 16.1. The van der Waals surface area contributed by atoms with Crippen LogP contribution < -0.4 is 11.1 Å². The molecular weight excluding hydrogens is 264 g/mol. The van der Waals surface area contributed by atoms with Gasteiger partial charge in [-0.05, 0) is 37.9 Å². The van der Waals surface area contributed by atoms with Gasteiger partial charge in [-0.25, -0.2) is 0 Å². The van der Waals surface area contributed by atoms with E-state index < -0.39 is 0 Å². The van der Waals surface area contributed by atoms with Gasteiger partial charge < -0.3 is 11.1 Å². The van der Waals surface area contributed by atoms with Crippen LogP contribution in [0.2, 0.25) is 0 Å². The number of benzene rings is 1. The van der Waals surface area contributed by atoms with Gasteiger partial charge in [-0.2, -0.15) is 5.26 Å². The highest BCUT2D eigenvalue weighted by molar-refractivity contribution is 5.92. The minimum absolute atomic E-state index is 0.0545. The van der Waals surface area contributed by atoms with E-state index in [9.17, 15) is 4.79 Å². The fourth-order valence-electron chi connectivity index (χ4n) is 2.85. The van der Waals surface area contributed by atoms with Gasteiger partial charge in [0.05, 0.1) is 11.3 Å². The van der Waals surface area contributed by atoms with Crippen LogP contribution in [0.1, 0.15) is 25.3 Å². The smallest absolute Gasteiger partial charge is 0.225 e. The summed E-state index contributed by atoms with van der Waals surface area (Å²) in [6, 6.07) is 9.61. The molecule has 5 nitrogen and oxygen atoms in total. The molecular formula is C16H22N4O. The normalized spacial score (nSPS) is 22.0. The Labute approximate surface area is 125 Å². The van der Waals surface area contributed by atoms with Crippen molar-refractivity contribution in [2.75, 3.05) is 25.0 Å². The Balaban J connectivity index is 1.84. The fourth-order valence-corrected chi connectivity index (χ4v) is 2.85. The lowest BCUT2D eigenvalue weighted by Gasteiger charge is -2.20. The van der Waals surface area contributed by atoms with Crippen LogP contribution in [-0.2, 0) is 4.79 Å². The Kier molecular flexibility index (Phi) is 5.32. The first-order valence-electron chi connectivity index (χ1n) is 7.37. The zero-order chi connectivity index (χ0) is 15.2. The Bertz CT molecular complexity index is 537. The van der Waals surface area contributed by atoms with E-state index in [0.29, 0.717) is 36.2 Å². The van der Waals surface area contributed by atoms with Gasteiger partial charge in [-0.15, -0.1) is 0 Å². The SMILES string of the molecule is CC1CC(CN)CN1CCC(=O)Nc1ccccc1C#N. The molecule has 0 saturated carbocycles. The van der Waals surface area contributed by atoms with Crippen LogP contribution >= 0.6 is 0 Å². The first kappa shape index (κ1) is 15.5. The quantitative estimate of drug-likeness (QED) is 0.860. The van der Waals surface area contributed by atoms with Crippen molar-refractivity contribution in [3.8, 4) is 6.07 Å². The van der Waals surface area contributed by atoms with Crippen molar-refractivity contribution in [3.63, 3.8) is 0 Å². The molecule has 1 amide bonds. The van der Waals surface area contributed by atoms with Gasteiger partial charge in [0, 0.05) is 25.6 Å². The number of nitriles is 1. The number of hydrogen-bond acceptors (Lipinski definition) is 4. The minimum Gasteiger partial charge on any atom is -0.330 e. The van der Waals surface area contributed by atoms with E-state index in [4.69, 9.17) is 11.0 Å². The van der Waals surface area contributed by atoms with Gasteiger partial charge in [-0.1, -0.05) is 12.1 Å². The Morgan fingerprint density at radius 3 is 2.95 bits per heavy atom. The molecule has 5 heteroatoms. The summed E-state index contributed by atoms with van der Waals surface area (Å²) in [5, 5.41) is 11.8. The number of carbonyl (C=O) groups excluding carboxylic acids is 1. The number of nitrogens with two attached hydrogens (primary N) is 1. The zero-order valence-corrected chi connectivity index (χ0v) is 12.4. The van der Waals surface area contributed by atoms with E-state index in [1.54, 1.807) is 18.2 Å². The van der Waals surface area contributed by atoms with Crippen molar-refractivity contribution in [1.29, 1.82) is 5.26 Å². The number of para-hydroxylation sites is 1. The minimum atomic E-state index is -0.0545. The summed E-state index contributed by atoms with van der Waals surface area (Å²) < 4.78 is 0. The van der Waals surface area contributed by atoms with E-state index in [1.807, 2.05) is 6.07 Å². The van der Waals surface area contributed by atoms with Crippen molar-refractivity contribution in [2.24, 2.45) is 11.7 Å². The maximum absolute atomic E-state index is 12.0. The number of nitrogens with one attached hydrogen (secondary N) is 1. The second-order valence-corrected chi connectivity index (χ2v) is 5.64. The summed E-state index contributed by atoms with van der Waals surface area (Å²) in [6.45, 7) is 4.60. The lowest BCUT2D eigenvalue weighted by molar-refractivity contribution is -0.116. The number of amides is 1. The number of carbonyl (C=O) groups is 1. The molecule has 1 aliphatic heterocycles. The van der Waals surface area contributed by atoms with E-state index in [0.717, 1.165) is 19.5 Å². The molecule has 1 heterocycles. The molecule has 0 aromatic heterocycles. The number of nitrogens with zero attached hydrogens (tertiary/aromatic N) is 2. The summed E-state index contributed by atoms with van der Waals surface area (Å²) in [5.74, 6) is 0.489. The standard InChI is InChI=1S/C16H22N4O/c1-12-8-13(9-17)11-20(12)7-6-16(21)19-15-5-3-2-4-14(15)10-18/h2-5,12-13H,6-9,11,17H2,1H3,(H,19,21). The van der Waals surface area contributed by atoms with Crippen molar-refractivity contribution in [3.05, 3.63) is 29.8 Å². The first-order chi connectivity index (χ1) is 10.1. The van der Waals surface area contributed by atoms with Crippen LogP contribution in [0.5, 0.6) is 0 Å². The molecule has 0 aliphatic carbocycles. The number of hydrogen-bond donors (Lipinski definition) is 2. The van der Waals surface area contributed by atoms with Crippen LogP contribution in [0.15, 0.2) is 24.3 Å². The lowest BCUT2D eigenvalue weighted by Crippen LogP contribution is -2.31. The van der Waals surface area contributed by atoms with Crippen molar-refractivity contribution >= 4 is 11.6 Å². The van der Waals surface area contributed by atoms with E-state index in [-0.39, 0.29) is 5.91 Å². The van der Waals surface area contributed by atoms with Crippen LogP contribution in [0.4, 0.5) is 5.69 Å². The average molecular weight is 286 g/mol. The number of rotatable bonds is 5. The third-order valence-electron chi connectivity index (χ3n) is 4.07. The van der Waals surface area contributed by atoms with E-state index in [2.05, 4.69) is 23.2 Å². The molecule has 3 N–H and O–H groups in total. The van der Waals surface area contributed by atoms with Crippen molar-refractivity contribution in [1.82, 2.24) is 4.90 Å². The summed E-state index contributed by atoms with van der Waals surface area (Å²) >= 11 is 0. The highest BCUT2D eigenvalue weighted by Crippen LogP contribution is 2.22. The number of likely N-dealkylation sites (tertiary alicyclic amines) is 1. The Hall–Kier alpha value is -1.90. The molecule has 2 rings (SSSR count). The predicted octanol–water partition coefficient (Wildman–Crippen LogP) is 1.56. The van der Waals surface area contributed by atoms with E-state index in [1.165, 1.54) is 0 Å². The van der Waals surface area contributed by atoms with Crippen LogP contribution in [0.25, 0.3) is 0 Å². The fraction of sp³-hybridized carbons (Fsp3) is 0.500. The molecule has 0 radical (unpaired) electrons. The molecule has 2 unspecified atom stereocenters. The topological polar surface area (TPSA) is 82.2 Å². The van der Waals surface area contributed by atoms with Gasteiger partial charge in [-0.3, -0.25) is 9.69 Å². The van der Waals surface area contributed by atoms with Crippen LogP contribution in [0, 0.1) is 17.2 Å². The molecule has 21 heavy (non-hydrogen) atoms. The molecule has 1 aliphatic rings. The molecule has 0 spiro atoms. The molecule has 1 fully saturated rings. The van der Waals surface area contributed by atoms with Gasteiger partial charge in [0.2, 0.25) is 5.91 Å². The second kappa shape index (κ2) is 7.21. The summed E-state index contributed by atoms with van der Waals surface area (Å²) in [5.41, 5.74) is 6.78. The first-order valence-corrected chi connectivity index (χ1v) is 7.37. The third kappa shape index (κ3) is 4.03. The van der Waals surface area contributed by atoms with Crippen molar-refractivity contribution in [2.45, 2.75) is 25.8 Å². The second-order valence-electron chi connectivity index (χ2n) is 5.64. The largest absolute Gasteiger partial charge is 0.330 e. The van der Waals surface area contributed by atoms with E-state index >= 15 is 0 Å². The summed E-state index contributed by atoms with van der Waals surface area (Å²) in [7, 11) is 0. The van der Waals surface area contributed by atoms with Crippen LogP contribution in [-0.4, -0.2) is 36.5 Å². The molecule has 2 atom stereocenters. The van der Waals surface area contributed by atoms with Gasteiger partial charge >= 0.3 is 0 Å². The number of anilines is 1. The van der Waals surface area contributed by atoms with Gasteiger partial charge in [0.1, 0.15) is 6.07 Å². The predicted molar refractivity (Wildman–Crippen MR) is 82.6 cm³/mol. The summed E-state index contributed by atoms with van der Waals surface area (Å²) in [4.78, 5) is 14.3. The Morgan fingerprint density at radius 2 is 2.29 bits per heavy atom. The highest BCUT2D eigenvalue weighted by Gasteiger charge is 2.27. The Morgan fingerprint density at radius 1 is 1.52 bits per heavy atom. The molecule has 1 saturated heterocycles.